The van der Waals surface area contributed by atoms with E-state index in [0.29, 0.717) is 10.0 Å². The van der Waals surface area contributed by atoms with Crippen molar-refractivity contribution in [2.45, 2.75) is 25.9 Å². The Kier molecular flexibility index (Phi) is 4.29. The van der Waals surface area contributed by atoms with Crippen molar-refractivity contribution in [3.05, 3.63) is 52.0 Å². The molecule has 106 valence electrons. The largest absolute Gasteiger partial charge is 0.329 e. The van der Waals surface area contributed by atoms with E-state index in [1.165, 1.54) is 12.8 Å². The topological polar surface area (TPSA) is 29.9 Å². The first-order valence-electron chi connectivity index (χ1n) is 6.87. The second-order valence-electron chi connectivity index (χ2n) is 5.29. The zero-order valence-corrected chi connectivity index (χ0v) is 12.7. The van der Waals surface area contributed by atoms with Crippen molar-refractivity contribution in [2.75, 3.05) is 6.54 Å². The van der Waals surface area contributed by atoms with Crippen molar-refractivity contribution in [2.24, 2.45) is 5.92 Å². The number of halogens is 2. The Labute approximate surface area is 128 Å². The highest BCUT2D eigenvalue weighted by atomic mass is 35.5. The number of nitrogens with one attached hydrogen (secondary N) is 1. The van der Waals surface area contributed by atoms with Crippen molar-refractivity contribution >= 4 is 23.2 Å². The van der Waals surface area contributed by atoms with Crippen molar-refractivity contribution < 1.29 is 0 Å². The Balaban J connectivity index is 1.63. The van der Waals surface area contributed by atoms with E-state index in [0.717, 1.165) is 36.9 Å². The normalized spacial score (nSPS) is 14.7. The molecule has 0 unspecified atom stereocenters. The van der Waals surface area contributed by atoms with Crippen LogP contribution in [0.1, 0.15) is 24.2 Å². The van der Waals surface area contributed by atoms with E-state index in [-0.39, 0.29) is 0 Å². The third kappa shape index (κ3) is 3.54. The zero-order chi connectivity index (χ0) is 13.9. The van der Waals surface area contributed by atoms with E-state index in [1.807, 2.05) is 30.6 Å². The van der Waals surface area contributed by atoms with Gasteiger partial charge in [0, 0.05) is 18.9 Å². The molecule has 1 aliphatic carbocycles. The van der Waals surface area contributed by atoms with Gasteiger partial charge in [-0.05, 0) is 43.0 Å². The summed E-state index contributed by atoms with van der Waals surface area (Å²) < 4.78 is 2.14. The monoisotopic (exact) mass is 309 g/mol. The quantitative estimate of drug-likeness (QED) is 0.881. The Morgan fingerprint density at radius 3 is 2.85 bits per heavy atom. The molecule has 1 aromatic heterocycles. The minimum atomic E-state index is 0.590. The Hall–Kier alpha value is -1.03. The molecular formula is C15H17Cl2N3. The van der Waals surface area contributed by atoms with Crippen LogP contribution in [-0.4, -0.2) is 16.1 Å². The lowest BCUT2D eigenvalue weighted by molar-refractivity contribution is 0.594. The molecule has 1 saturated carbocycles. The average molecular weight is 310 g/mol. The lowest BCUT2D eigenvalue weighted by atomic mass is 10.2. The first kappa shape index (κ1) is 13.9. The molecule has 1 aliphatic rings. The van der Waals surface area contributed by atoms with Gasteiger partial charge < -0.3 is 9.88 Å². The van der Waals surface area contributed by atoms with Gasteiger partial charge in [-0.25, -0.2) is 4.98 Å². The van der Waals surface area contributed by atoms with Gasteiger partial charge in [0.1, 0.15) is 5.82 Å². The Morgan fingerprint density at radius 1 is 1.25 bits per heavy atom. The molecule has 0 atom stereocenters. The molecule has 0 amide bonds. The molecule has 1 aromatic carbocycles. The van der Waals surface area contributed by atoms with Gasteiger partial charge in [0.15, 0.2) is 0 Å². The summed E-state index contributed by atoms with van der Waals surface area (Å²) in [6, 6.07) is 5.74. The molecule has 2 aromatic rings. The minimum absolute atomic E-state index is 0.590. The van der Waals surface area contributed by atoms with Gasteiger partial charge in [-0.1, -0.05) is 29.3 Å². The maximum Gasteiger partial charge on any atom is 0.122 e. The molecule has 1 fully saturated rings. The van der Waals surface area contributed by atoms with E-state index in [4.69, 9.17) is 23.2 Å². The molecule has 5 heteroatoms. The number of hydrogen-bond acceptors (Lipinski definition) is 2. The molecule has 0 aliphatic heterocycles. The average Bonchev–Trinajstić information content (AvgIpc) is 3.15. The number of aromatic nitrogens is 2. The van der Waals surface area contributed by atoms with Crippen LogP contribution in [0.15, 0.2) is 30.6 Å². The van der Waals surface area contributed by atoms with Gasteiger partial charge in [0.25, 0.3) is 0 Å². The molecule has 0 saturated heterocycles. The van der Waals surface area contributed by atoms with Gasteiger partial charge in [-0.3, -0.25) is 0 Å². The van der Waals surface area contributed by atoms with Crippen molar-refractivity contribution in [1.29, 1.82) is 0 Å². The van der Waals surface area contributed by atoms with E-state index in [9.17, 15) is 0 Å². The summed E-state index contributed by atoms with van der Waals surface area (Å²) in [7, 11) is 0. The highest BCUT2D eigenvalue weighted by Gasteiger charge is 2.20. The summed E-state index contributed by atoms with van der Waals surface area (Å²) in [6.45, 7) is 2.67. The first-order chi connectivity index (χ1) is 9.72. The fraction of sp³-hybridized carbons (Fsp3) is 0.400. The van der Waals surface area contributed by atoms with Gasteiger partial charge in [0.2, 0.25) is 0 Å². The van der Waals surface area contributed by atoms with Crippen LogP contribution in [-0.2, 0) is 13.1 Å². The summed E-state index contributed by atoms with van der Waals surface area (Å²) in [5.41, 5.74) is 1.13. The number of nitrogens with zero attached hydrogens (tertiary/aromatic N) is 2. The molecule has 3 rings (SSSR count). The van der Waals surface area contributed by atoms with E-state index in [1.54, 1.807) is 0 Å². The molecule has 0 radical (unpaired) electrons. The fourth-order valence-corrected chi connectivity index (χ4v) is 2.52. The van der Waals surface area contributed by atoms with E-state index in [2.05, 4.69) is 14.9 Å². The summed E-state index contributed by atoms with van der Waals surface area (Å²) >= 11 is 12.0. The van der Waals surface area contributed by atoms with Gasteiger partial charge in [-0.2, -0.15) is 0 Å². The molecule has 1 heterocycles. The molecule has 3 nitrogen and oxygen atoms in total. The number of rotatable bonds is 6. The Bertz CT molecular complexity index is 591. The van der Waals surface area contributed by atoms with Crippen LogP contribution in [0.5, 0.6) is 0 Å². The van der Waals surface area contributed by atoms with E-state index >= 15 is 0 Å². The maximum absolute atomic E-state index is 6.05. The van der Waals surface area contributed by atoms with Crippen molar-refractivity contribution in [3.63, 3.8) is 0 Å². The van der Waals surface area contributed by atoms with Crippen LogP contribution in [0.2, 0.25) is 10.0 Å². The predicted octanol–water partition coefficient (Wildman–Crippen LogP) is 3.74. The third-order valence-electron chi connectivity index (χ3n) is 3.55. The van der Waals surface area contributed by atoms with Crippen molar-refractivity contribution in [1.82, 2.24) is 14.9 Å². The third-order valence-corrected chi connectivity index (χ3v) is 4.29. The molecule has 0 spiro atoms. The summed E-state index contributed by atoms with van der Waals surface area (Å²) in [4.78, 5) is 4.41. The lowest BCUT2D eigenvalue weighted by Gasteiger charge is -2.09. The predicted molar refractivity (Wildman–Crippen MR) is 82.2 cm³/mol. The summed E-state index contributed by atoms with van der Waals surface area (Å²) in [6.07, 6.45) is 6.57. The smallest absolute Gasteiger partial charge is 0.122 e. The number of benzene rings is 1. The van der Waals surface area contributed by atoms with Crippen molar-refractivity contribution in [3.8, 4) is 0 Å². The maximum atomic E-state index is 6.05. The second kappa shape index (κ2) is 6.17. The molecule has 1 N–H and O–H groups in total. The summed E-state index contributed by atoms with van der Waals surface area (Å²) in [5.74, 6) is 1.94. The molecule has 0 bridgehead atoms. The van der Waals surface area contributed by atoms with Crippen LogP contribution >= 0.6 is 23.2 Å². The standard InChI is InChI=1S/C15H17Cl2N3/c16-13-4-3-12(7-14(13)17)10-20-6-5-19-15(20)9-18-8-11-1-2-11/h3-7,11,18H,1-2,8-10H2. The Morgan fingerprint density at radius 2 is 2.10 bits per heavy atom. The van der Waals surface area contributed by atoms with Crippen LogP contribution < -0.4 is 5.32 Å². The fourth-order valence-electron chi connectivity index (χ4n) is 2.20. The van der Waals surface area contributed by atoms with Crippen LogP contribution in [0.25, 0.3) is 0 Å². The van der Waals surface area contributed by atoms with Crippen LogP contribution in [0, 0.1) is 5.92 Å². The number of hydrogen-bond donors (Lipinski definition) is 1. The lowest BCUT2D eigenvalue weighted by Crippen LogP contribution is -2.19. The SMILES string of the molecule is Clc1ccc(Cn2ccnc2CNCC2CC2)cc1Cl. The van der Waals surface area contributed by atoms with Crippen LogP contribution in [0.3, 0.4) is 0 Å². The van der Waals surface area contributed by atoms with Crippen LogP contribution in [0.4, 0.5) is 0 Å². The highest BCUT2D eigenvalue weighted by Crippen LogP contribution is 2.27. The van der Waals surface area contributed by atoms with Gasteiger partial charge in [-0.15, -0.1) is 0 Å². The highest BCUT2D eigenvalue weighted by molar-refractivity contribution is 6.42. The number of imidazole rings is 1. The van der Waals surface area contributed by atoms with Gasteiger partial charge >= 0.3 is 0 Å². The first-order valence-corrected chi connectivity index (χ1v) is 7.62. The van der Waals surface area contributed by atoms with E-state index < -0.39 is 0 Å². The minimum Gasteiger partial charge on any atom is -0.329 e. The summed E-state index contributed by atoms with van der Waals surface area (Å²) in [5, 5.41) is 4.65. The molecule has 20 heavy (non-hydrogen) atoms. The second-order valence-corrected chi connectivity index (χ2v) is 6.11. The van der Waals surface area contributed by atoms with Gasteiger partial charge in [0.05, 0.1) is 16.6 Å². The zero-order valence-electron chi connectivity index (χ0n) is 11.1. The molecular weight excluding hydrogens is 293 g/mol.